The van der Waals surface area contributed by atoms with Gasteiger partial charge in [-0.15, -0.1) is 0 Å². The van der Waals surface area contributed by atoms with Crippen LogP contribution in [0, 0.1) is 34.5 Å². The SMILES string of the molecule is C=C(C)[C@H]1CC[C@H]2[C@@H]3CC=C4C[C@](O)(CC)CC[C@]4(C)[C@H]3CC[C@]12C. The third-order valence-corrected chi connectivity index (χ3v) is 9.51. The van der Waals surface area contributed by atoms with Crippen molar-refractivity contribution in [1.29, 1.82) is 0 Å². The molecule has 140 valence electrons. The van der Waals surface area contributed by atoms with Gasteiger partial charge < -0.3 is 5.11 Å². The zero-order valence-corrected chi connectivity index (χ0v) is 16.9. The van der Waals surface area contributed by atoms with Crippen molar-refractivity contribution in [3.63, 3.8) is 0 Å². The van der Waals surface area contributed by atoms with Gasteiger partial charge in [-0.1, -0.05) is 44.6 Å². The van der Waals surface area contributed by atoms with E-state index in [4.69, 9.17) is 0 Å². The van der Waals surface area contributed by atoms with Gasteiger partial charge in [-0.05, 0) is 99.2 Å². The molecule has 0 spiro atoms. The summed E-state index contributed by atoms with van der Waals surface area (Å²) in [5.41, 5.74) is 3.44. The Morgan fingerprint density at radius 3 is 2.60 bits per heavy atom. The summed E-state index contributed by atoms with van der Waals surface area (Å²) in [5, 5.41) is 10.9. The first-order chi connectivity index (χ1) is 11.7. The van der Waals surface area contributed by atoms with Gasteiger partial charge in [0.25, 0.3) is 0 Å². The number of aliphatic hydroxyl groups is 1. The molecule has 0 unspecified atom stereocenters. The molecule has 0 aliphatic heterocycles. The summed E-state index contributed by atoms with van der Waals surface area (Å²) in [4.78, 5) is 0. The van der Waals surface area contributed by atoms with Gasteiger partial charge in [0.15, 0.2) is 0 Å². The Hall–Kier alpha value is -0.560. The molecule has 0 aromatic heterocycles. The standard InChI is InChI=1S/C24H38O/c1-6-24(25)14-13-22(4)17(15-24)7-8-18-20-10-9-19(16(2)3)23(20,5)12-11-21(18)22/h7,18-21,25H,2,6,8-15H2,1,3-5H3/t18-,19+,20-,21-,22-,23+,24-/m0/s1. The highest BCUT2D eigenvalue weighted by atomic mass is 16.3. The number of hydrogen-bond donors (Lipinski definition) is 1. The molecule has 0 saturated heterocycles. The molecule has 0 amide bonds. The van der Waals surface area contributed by atoms with Gasteiger partial charge in [-0.2, -0.15) is 0 Å². The van der Waals surface area contributed by atoms with Crippen molar-refractivity contribution in [2.45, 2.75) is 91.1 Å². The zero-order valence-electron chi connectivity index (χ0n) is 16.9. The molecule has 0 aromatic rings. The average molecular weight is 343 g/mol. The molecule has 4 aliphatic carbocycles. The van der Waals surface area contributed by atoms with Crippen molar-refractivity contribution in [2.24, 2.45) is 34.5 Å². The monoisotopic (exact) mass is 342 g/mol. The predicted molar refractivity (Wildman–Crippen MR) is 105 cm³/mol. The van der Waals surface area contributed by atoms with Crippen LogP contribution in [0.3, 0.4) is 0 Å². The lowest BCUT2D eigenvalue weighted by Gasteiger charge is -2.59. The summed E-state index contributed by atoms with van der Waals surface area (Å²) < 4.78 is 0. The summed E-state index contributed by atoms with van der Waals surface area (Å²) in [6.07, 6.45) is 13.4. The maximum absolute atomic E-state index is 10.9. The van der Waals surface area contributed by atoms with Gasteiger partial charge in [0.2, 0.25) is 0 Å². The Labute approximate surface area is 155 Å². The number of hydrogen-bond acceptors (Lipinski definition) is 1. The lowest BCUT2D eigenvalue weighted by atomic mass is 9.46. The first-order valence-corrected chi connectivity index (χ1v) is 10.8. The molecule has 3 saturated carbocycles. The topological polar surface area (TPSA) is 20.2 Å². The minimum Gasteiger partial charge on any atom is -0.390 e. The van der Waals surface area contributed by atoms with Crippen LogP contribution < -0.4 is 0 Å². The highest BCUT2D eigenvalue weighted by molar-refractivity contribution is 5.27. The minimum atomic E-state index is -0.431. The molecule has 0 radical (unpaired) electrons. The van der Waals surface area contributed by atoms with Crippen LogP contribution in [0.15, 0.2) is 23.8 Å². The number of rotatable bonds is 2. The Morgan fingerprint density at radius 1 is 1.16 bits per heavy atom. The van der Waals surface area contributed by atoms with E-state index in [0.29, 0.717) is 10.8 Å². The summed E-state index contributed by atoms with van der Waals surface area (Å²) in [6.45, 7) is 13.9. The Morgan fingerprint density at radius 2 is 1.92 bits per heavy atom. The van der Waals surface area contributed by atoms with Crippen molar-refractivity contribution in [1.82, 2.24) is 0 Å². The normalized spacial score (nSPS) is 52.0. The van der Waals surface area contributed by atoms with E-state index in [1.54, 1.807) is 5.57 Å². The first kappa shape index (κ1) is 17.8. The molecule has 7 atom stereocenters. The number of allylic oxidation sites excluding steroid dienone is 2. The van der Waals surface area contributed by atoms with Crippen molar-refractivity contribution in [3.05, 3.63) is 23.8 Å². The third-order valence-electron chi connectivity index (χ3n) is 9.51. The van der Waals surface area contributed by atoms with Crippen molar-refractivity contribution in [3.8, 4) is 0 Å². The number of fused-ring (bicyclic) bond motifs is 5. The lowest BCUT2D eigenvalue weighted by molar-refractivity contribution is -0.0685. The van der Waals surface area contributed by atoms with E-state index in [9.17, 15) is 5.11 Å². The van der Waals surface area contributed by atoms with E-state index < -0.39 is 5.60 Å². The quantitative estimate of drug-likeness (QED) is 0.585. The fourth-order valence-electron chi connectivity index (χ4n) is 7.82. The predicted octanol–water partition coefficient (Wildman–Crippen LogP) is 6.28. The van der Waals surface area contributed by atoms with Gasteiger partial charge in [0.1, 0.15) is 0 Å². The second-order valence-electron chi connectivity index (χ2n) is 10.5. The molecular weight excluding hydrogens is 304 g/mol. The van der Waals surface area contributed by atoms with Crippen LogP contribution in [-0.4, -0.2) is 10.7 Å². The maximum atomic E-state index is 10.9. The smallest absolute Gasteiger partial charge is 0.0682 e. The second-order valence-corrected chi connectivity index (χ2v) is 10.5. The van der Waals surface area contributed by atoms with E-state index in [2.05, 4.69) is 40.3 Å². The van der Waals surface area contributed by atoms with Crippen LogP contribution >= 0.6 is 0 Å². The molecule has 1 N–H and O–H groups in total. The van der Waals surface area contributed by atoms with Crippen LogP contribution in [0.1, 0.15) is 85.5 Å². The Bertz CT molecular complexity index is 603. The first-order valence-electron chi connectivity index (χ1n) is 10.8. The van der Waals surface area contributed by atoms with Crippen LogP contribution in [0.2, 0.25) is 0 Å². The molecule has 1 nitrogen and oxygen atoms in total. The van der Waals surface area contributed by atoms with Crippen LogP contribution in [-0.2, 0) is 0 Å². The molecule has 3 fully saturated rings. The van der Waals surface area contributed by atoms with E-state index in [0.717, 1.165) is 42.9 Å². The molecule has 1 heteroatoms. The third kappa shape index (κ3) is 2.44. The van der Waals surface area contributed by atoms with Gasteiger partial charge in [-0.25, -0.2) is 0 Å². The van der Waals surface area contributed by atoms with Gasteiger partial charge in [0, 0.05) is 0 Å². The Kier molecular flexibility index (Phi) is 4.08. The molecule has 0 bridgehead atoms. The van der Waals surface area contributed by atoms with Crippen LogP contribution in [0.4, 0.5) is 0 Å². The molecule has 0 aromatic carbocycles. The summed E-state index contributed by atoms with van der Waals surface area (Å²) in [6, 6.07) is 0. The van der Waals surface area contributed by atoms with E-state index >= 15 is 0 Å². The zero-order chi connectivity index (χ0) is 18.0. The fourth-order valence-corrected chi connectivity index (χ4v) is 7.82. The maximum Gasteiger partial charge on any atom is 0.0682 e. The largest absolute Gasteiger partial charge is 0.390 e. The average Bonchev–Trinajstić information content (AvgIpc) is 2.93. The molecule has 4 aliphatic rings. The van der Waals surface area contributed by atoms with E-state index in [1.165, 1.54) is 44.1 Å². The lowest BCUT2D eigenvalue weighted by Crippen LogP contribution is -2.52. The van der Waals surface area contributed by atoms with Crippen molar-refractivity contribution >= 4 is 0 Å². The highest BCUT2D eigenvalue weighted by Crippen LogP contribution is 2.67. The molecule has 0 heterocycles. The fraction of sp³-hybridized carbons (Fsp3) is 0.833. The Balaban J connectivity index is 1.64. The van der Waals surface area contributed by atoms with Crippen molar-refractivity contribution in [2.75, 3.05) is 0 Å². The molecule has 25 heavy (non-hydrogen) atoms. The second kappa shape index (κ2) is 5.72. The van der Waals surface area contributed by atoms with E-state index in [1.807, 2.05) is 0 Å². The minimum absolute atomic E-state index is 0.354. The van der Waals surface area contributed by atoms with Gasteiger partial charge in [0.05, 0.1) is 5.60 Å². The van der Waals surface area contributed by atoms with Crippen molar-refractivity contribution < 1.29 is 5.11 Å². The van der Waals surface area contributed by atoms with Crippen LogP contribution in [0.25, 0.3) is 0 Å². The van der Waals surface area contributed by atoms with Gasteiger partial charge >= 0.3 is 0 Å². The summed E-state index contributed by atoms with van der Waals surface area (Å²) in [5.74, 6) is 3.34. The highest BCUT2D eigenvalue weighted by Gasteiger charge is 2.59. The molecular formula is C24H38O. The molecule has 4 rings (SSSR count). The van der Waals surface area contributed by atoms with Crippen LogP contribution in [0.5, 0.6) is 0 Å². The van der Waals surface area contributed by atoms with E-state index in [-0.39, 0.29) is 0 Å². The summed E-state index contributed by atoms with van der Waals surface area (Å²) >= 11 is 0. The summed E-state index contributed by atoms with van der Waals surface area (Å²) in [7, 11) is 0. The van der Waals surface area contributed by atoms with Gasteiger partial charge in [-0.3, -0.25) is 0 Å².